The molecule has 0 spiro atoms. The zero-order chi connectivity index (χ0) is 35.2. The Bertz CT molecular complexity index is 2700. The van der Waals surface area contributed by atoms with Gasteiger partial charge in [0.25, 0.3) is 0 Å². The van der Waals surface area contributed by atoms with Crippen LogP contribution in [0.3, 0.4) is 0 Å². The molecule has 2 nitrogen and oxygen atoms in total. The summed E-state index contributed by atoms with van der Waals surface area (Å²) in [6.07, 6.45) is 1.82. The molecule has 0 radical (unpaired) electrons. The highest BCUT2D eigenvalue weighted by Crippen LogP contribution is 2.56. The minimum Gasteiger partial charge on any atom is -0.255 e. The zero-order valence-corrected chi connectivity index (χ0v) is 29.0. The van der Waals surface area contributed by atoms with Crippen LogP contribution in [0.15, 0.2) is 206 Å². The van der Waals surface area contributed by atoms with Crippen LogP contribution in [0.25, 0.3) is 66.8 Å². The van der Waals surface area contributed by atoms with Gasteiger partial charge in [-0.15, -0.1) is 0 Å². The van der Waals surface area contributed by atoms with Crippen molar-refractivity contribution in [3.63, 3.8) is 0 Å². The minimum atomic E-state index is -0.412. The lowest BCUT2D eigenvalue weighted by molar-refractivity contribution is 0.769. The van der Waals surface area contributed by atoms with Crippen LogP contribution in [0.2, 0.25) is 0 Å². The van der Waals surface area contributed by atoms with E-state index in [4.69, 9.17) is 4.98 Å². The van der Waals surface area contributed by atoms with Gasteiger partial charge in [-0.05, 0) is 97.1 Å². The lowest BCUT2D eigenvalue weighted by atomic mass is 9.67. The minimum absolute atomic E-state index is 0.412. The first-order valence-electron chi connectivity index (χ1n) is 18.2. The molecule has 0 unspecified atom stereocenters. The third kappa shape index (κ3) is 5.11. The fourth-order valence-electron chi connectivity index (χ4n) is 8.38. The summed E-state index contributed by atoms with van der Waals surface area (Å²) in [6.45, 7) is 0. The van der Waals surface area contributed by atoms with Crippen molar-refractivity contribution in [1.29, 1.82) is 0 Å². The Morgan fingerprint density at radius 1 is 0.340 bits per heavy atom. The molecule has 2 aromatic heterocycles. The van der Waals surface area contributed by atoms with Crippen LogP contribution in [0.5, 0.6) is 0 Å². The quantitative estimate of drug-likeness (QED) is 0.175. The van der Waals surface area contributed by atoms with Gasteiger partial charge in [0.2, 0.25) is 0 Å². The van der Waals surface area contributed by atoms with Crippen LogP contribution in [0.4, 0.5) is 0 Å². The first kappa shape index (κ1) is 30.9. The number of hydrogen-bond acceptors (Lipinski definition) is 2. The Morgan fingerprint density at radius 2 is 0.887 bits per heavy atom. The number of hydrogen-bond donors (Lipinski definition) is 0. The molecule has 0 saturated heterocycles. The molecule has 0 atom stereocenters. The van der Waals surface area contributed by atoms with E-state index in [1.54, 1.807) is 0 Å². The van der Waals surface area contributed by atoms with Crippen molar-refractivity contribution < 1.29 is 0 Å². The van der Waals surface area contributed by atoms with E-state index in [2.05, 4.69) is 181 Å². The smallest absolute Gasteiger partial charge is 0.0900 e. The fraction of sp³-hybridized carbons (Fsp3) is 0.0196. The van der Waals surface area contributed by atoms with E-state index in [-0.39, 0.29) is 0 Å². The zero-order valence-electron chi connectivity index (χ0n) is 29.0. The third-order valence-corrected chi connectivity index (χ3v) is 10.8. The third-order valence-electron chi connectivity index (χ3n) is 10.8. The van der Waals surface area contributed by atoms with Gasteiger partial charge in [-0.1, -0.05) is 170 Å². The lowest BCUT2D eigenvalue weighted by Gasteiger charge is -2.34. The Hall–Kier alpha value is -6.90. The second-order valence-electron chi connectivity index (χ2n) is 13.7. The van der Waals surface area contributed by atoms with Crippen LogP contribution < -0.4 is 0 Å². The SMILES string of the molecule is c1ccc(C2(c3ccccc3)c3ccccc3-c3ccc(-c4ccc(-c5ccc(-c6cc(-c7ccccn7)nc7ccccc67)cc5)cc4)cc32)cc1. The standard InChI is InChI=1S/C51H34N2/c1-3-13-40(14-4-1)51(41-15-5-2-6-16-41)46-19-9-7-17-42(46)43-31-30-39(33-47(43)51)37-24-22-35(23-25-37)36-26-28-38(29-27-36)45-34-50(49-21-11-12-32-52-49)53-48-20-10-8-18-44(45)48/h1-34H. The molecule has 0 fully saturated rings. The molecule has 9 aromatic rings. The largest absolute Gasteiger partial charge is 0.255 e. The number of rotatable bonds is 6. The molecule has 248 valence electrons. The number of pyridine rings is 2. The average Bonchev–Trinajstić information content (AvgIpc) is 3.55. The number of fused-ring (bicyclic) bond motifs is 4. The van der Waals surface area contributed by atoms with E-state index < -0.39 is 5.41 Å². The van der Waals surface area contributed by atoms with E-state index in [0.29, 0.717) is 0 Å². The van der Waals surface area contributed by atoms with Gasteiger partial charge in [-0.3, -0.25) is 4.98 Å². The molecule has 0 saturated carbocycles. The van der Waals surface area contributed by atoms with Crippen molar-refractivity contribution in [1.82, 2.24) is 9.97 Å². The number of para-hydroxylation sites is 1. The summed E-state index contributed by atoms with van der Waals surface area (Å²) in [5, 5.41) is 1.13. The van der Waals surface area contributed by atoms with Crippen molar-refractivity contribution in [2.45, 2.75) is 5.41 Å². The highest BCUT2D eigenvalue weighted by atomic mass is 14.8. The van der Waals surface area contributed by atoms with Gasteiger partial charge in [-0.2, -0.15) is 0 Å². The topological polar surface area (TPSA) is 25.8 Å². The summed E-state index contributed by atoms with van der Waals surface area (Å²) in [4.78, 5) is 9.51. The van der Waals surface area contributed by atoms with E-state index in [0.717, 1.165) is 33.4 Å². The van der Waals surface area contributed by atoms with Crippen LogP contribution in [0, 0.1) is 0 Å². The molecule has 1 aliphatic carbocycles. The van der Waals surface area contributed by atoms with Crippen molar-refractivity contribution >= 4 is 10.9 Å². The van der Waals surface area contributed by atoms with Gasteiger partial charge < -0.3 is 0 Å². The summed E-state index contributed by atoms with van der Waals surface area (Å²) in [5.74, 6) is 0. The Kier molecular flexibility index (Phi) is 7.40. The summed E-state index contributed by atoms with van der Waals surface area (Å²) in [6, 6.07) is 72.3. The van der Waals surface area contributed by atoms with Crippen molar-refractivity contribution in [2.24, 2.45) is 0 Å². The molecule has 0 bridgehead atoms. The van der Waals surface area contributed by atoms with Gasteiger partial charge in [-0.25, -0.2) is 4.98 Å². The molecule has 0 N–H and O–H groups in total. The second kappa shape index (κ2) is 12.7. The normalized spacial score (nSPS) is 12.7. The highest BCUT2D eigenvalue weighted by molar-refractivity contribution is 5.97. The first-order chi connectivity index (χ1) is 26.3. The Labute approximate surface area is 309 Å². The molecule has 1 aliphatic rings. The highest BCUT2D eigenvalue weighted by Gasteiger charge is 2.46. The molecule has 0 amide bonds. The van der Waals surface area contributed by atoms with Crippen molar-refractivity contribution in [2.75, 3.05) is 0 Å². The first-order valence-corrected chi connectivity index (χ1v) is 18.2. The van der Waals surface area contributed by atoms with E-state index in [1.165, 1.54) is 55.6 Å². The maximum Gasteiger partial charge on any atom is 0.0900 e. The van der Waals surface area contributed by atoms with Crippen LogP contribution >= 0.6 is 0 Å². The maximum atomic E-state index is 4.94. The van der Waals surface area contributed by atoms with E-state index in [9.17, 15) is 0 Å². The van der Waals surface area contributed by atoms with Crippen LogP contribution in [-0.2, 0) is 5.41 Å². The van der Waals surface area contributed by atoms with E-state index >= 15 is 0 Å². The van der Waals surface area contributed by atoms with Crippen LogP contribution in [-0.4, -0.2) is 9.97 Å². The van der Waals surface area contributed by atoms with Crippen LogP contribution in [0.1, 0.15) is 22.3 Å². The molecule has 10 rings (SSSR count). The molecular formula is C51H34N2. The predicted molar refractivity (Wildman–Crippen MR) is 219 cm³/mol. The van der Waals surface area contributed by atoms with Gasteiger partial charge in [0.05, 0.1) is 22.3 Å². The number of benzene rings is 7. The summed E-state index contributed by atoms with van der Waals surface area (Å²) in [7, 11) is 0. The Balaban J connectivity index is 1.02. The molecular weight excluding hydrogens is 641 g/mol. The second-order valence-corrected chi connectivity index (χ2v) is 13.7. The molecule has 53 heavy (non-hydrogen) atoms. The van der Waals surface area contributed by atoms with E-state index in [1.807, 2.05) is 30.5 Å². The average molecular weight is 675 g/mol. The Morgan fingerprint density at radius 3 is 1.57 bits per heavy atom. The summed E-state index contributed by atoms with van der Waals surface area (Å²) < 4.78 is 0. The van der Waals surface area contributed by atoms with Gasteiger partial charge in [0, 0.05) is 11.6 Å². The van der Waals surface area contributed by atoms with Gasteiger partial charge in [0.15, 0.2) is 0 Å². The fourth-order valence-corrected chi connectivity index (χ4v) is 8.38. The van der Waals surface area contributed by atoms with Gasteiger partial charge >= 0.3 is 0 Å². The molecule has 2 heterocycles. The predicted octanol–water partition coefficient (Wildman–Crippen LogP) is 12.7. The summed E-state index contributed by atoms with van der Waals surface area (Å²) in [5.41, 5.74) is 17.2. The monoisotopic (exact) mass is 674 g/mol. The lowest BCUT2D eigenvalue weighted by Crippen LogP contribution is -2.28. The number of aromatic nitrogens is 2. The number of nitrogens with zero attached hydrogens (tertiary/aromatic N) is 2. The molecule has 0 aliphatic heterocycles. The summed E-state index contributed by atoms with van der Waals surface area (Å²) >= 11 is 0. The maximum absolute atomic E-state index is 4.94. The van der Waals surface area contributed by atoms with Crippen molar-refractivity contribution in [3.05, 3.63) is 229 Å². The molecule has 2 heteroatoms. The van der Waals surface area contributed by atoms with Gasteiger partial charge in [0.1, 0.15) is 0 Å². The van der Waals surface area contributed by atoms with Crippen molar-refractivity contribution in [3.8, 4) is 55.9 Å². The molecule has 7 aromatic carbocycles.